The number of hydrogen-bond acceptors (Lipinski definition) is 2. The molecule has 0 bridgehead atoms. The summed E-state index contributed by atoms with van der Waals surface area (Å²) in [7, 11) is 0. The van der Waals surface area contributed by atoms with E-state index in [1.165, 1.54) is 0 Å². The normalized spacial score (nSPS) is 10.8. The fourth-order valence-corrected chi connectivity index (χ4v) is 2.67. The Morgan fingerprint density at radius 3 is 2.59 bits per heavy atom. The molecule has 1 aromatic heterocycles. The maximum Gasteiger partial charge on any atom is 0.336 e. The lowest BCUT2D eigenvalue weighted by Crippen LogP contribution is -2.00. The maximum absolute atomic E-state index is 11.5. The molecule has 0 aliphatic heterocycles. The van der Waals surface area contributed by atoms with E-state index in [9.17, 15) is 9.90 Å². The number of nitrogens with zero attached hydrogens (tertiary/aromatic N) is 1. The van der Waals surface area contributed by atoms with Gasteiger partial charge in [0.1, 0.15) is 12.4 Å². The summed E-state index contributed by atoms with van der Waals surface area (Å²) in [5.41, 5.74) is 2.13. The van der Waals surface area contributed by atoms with Crippen LogP contribution in [0.2, 0.25) is 0 Å². The van der Waals surface area contributed by atoms with Crippen LogP contribution in [-0.4, -0.2) is 15.6 Å². The van der Waals surface area contributed by atoms with Gasteiger partial charge in [0.2, 0.25) is 0 Å². The molecule has 0 amide bonds. The Morgan fingerprint density at radius 1 is 1.14 bits per heavy atom. The molecule has 0 fully saturated rings. The lowest BCUT2D eigenvalue weighted by Gasteiger charge is -2.06. The van der Waals surface area contributed by atoms with E-state index in [0.29, 0.717) is 12.2 Å². The molecule has 0 atom stereocenters. The van der Waals surface area contributed by atoms with Gasteiger partial charge in [-0.2, -0.15) is 0 Å². The zero-order valence-corrected chi connectivity index (χ0v) is 12.3. The smallest absolute Gasteiger partial charge is 0.336 e. The summed E-state index contributed by atoms with van der Waals surface area (Å²) < 4.78 is 7.83. The Balaban J connectivity index is 2.03. The minimum Gasteiger partial charge on any atom is -0.489 e. The molecule has 112 valence electrons. The van der Waals surface area contributed by atoms with E-state index in [-0.39, 0.29) is 0 Å². The van der Waals surface area contributed by atoms with Gasteiger partial charge >= 0.3 is 5.97 Å². The van der Waals surface area contributed by atoms with E-state index >= 15 is 0 Å². The summed E-state index contributed by atoms with van der Waals surface area (Å²) in [4.78, 5) is 11.5. The van der Waals surface area contributed by atoms with E-state index in [1.807, 2.05) is 54.1 Å². The number of hydrogen-bond donors (Lipinski definition) is 1. The molecule has 0 aliphatic rings. The van der Waals surface area contributed by atoms with Gasteiger partial charge in [-0.3, -0.25) is 0 Å². The lowest BCUT2D eigenvalue weighted by atomic mass is 10.1. The first-order valence-corrected chi connectivity index (χ1v) is 7.22. The van der Waals surface area contributed by atoms with Crippen molar-refractivity contribution in [2.24, 2.45) is 0 Å². The quantitative estimate of drug-likeness (QED) is 0.775. The zero-order valence-electron chi connectivity index (χ0n) is 12.3. The molecule has 4 nitrogen and oxygen atoms in total. The molecule has 0 saturated heterocycles. The summed E-state index contributed by atoms with van der Waals surface area (Å²) in [5, 5.41) is 10.2. The van der Waals surface area contributed by atoms with Crippen molar-refractivity contribution in [1.82, 2.24) is 4.57 Å². The van der Waals surface area contributed by atoms with Crippen molar-refractivity contribution in [1.29, 1.82) is 0 Å². The van der Waals surface area contributed by atoms with Crippen LogP contribution in [0, 0.1) is 0 Å². The summed E-state index contributed by atoms with van der Waals surface area (Å²) in [6.45, 7) is 3.16. The molecule has 0 radical (unpaired) electrons. The SMILES string of the molecule is CCn1cc(COc2ccccc2)c2c(C(=O)O)cccc21. The van der Waals surface area contributed by atoms with Crippen molar-refractivity contribution in [2.75, 3.05) is 0 Å². The van der Waals surface area contributed by atoms with Crippen molar-refractivity contribution in [3.63, 3.8) is 0 Å². The molecule has 3 aromatic rings. The second-order valence-corrected chi connectivity index (χ2v) is 5.05. The van der Waals surface area contributed by atoms with Crippen molar-refractivity contribution >= 4 is 16.9 Å². The zero-order chi connectivity index (χ0) is 15.5. The molecule has 0 unspecified atom stereocenters. The molecule has 1 heterocycles. The first-order chi connectivity index (χ1) is 10.7. The molecule has 0 saturated carbocycles. The summed E-state index contributed by atoms with van der Waals surface area (Å²) in [5.74, 6) is -0.145. The Hall–Kier alpha value is -2.75. The largest absolute Gasteiger partial charge is 0.489 e. The topological polar surface area (TPSA) is 51.5 Å². The van der Waals surface area contributed by atoms with Crippen LogP contribution in [0.4, 0.5) is 0 Å². The van der Waals surface area contributed by atoms with Crippen molar-refractivity contribution < 1.29 is 14.6 Å². The first-order valence-electron chi connectivity index (χ1n) is 7.22. The van der Waals surface area contributed by atoms with Crippen LogP contribution in [0.15, 0.2) is 54.7 Å². The average molecular weight is 295 g/mol. The lowest BCUT2D eigenvalue weighted by molar-refractivity contribution is 0.0699. The Kier molecular flexibility index (Phi) is 3.83. The van der Waals surface area contributed by atoms with Crippen LogP contribution in [0.1, 0.15) is 22.8 Å². The standard InChI is InChI=1S/C18H17NO3/c1-2-19-11-13(12-22-14-7-4-3-5-8-14)17-15(18(20)21)9-6-10-16(17)19/h3-11H,2,12H2,1H3,(H,20,21). The fraction of sp³-hybridized carbons (Fsp3) is 0.167. The predicted octanol–water partition coefficient (Wildman–Crippen LogP) is 3.94. The molecule has 0 aliphatic carbocycles. The van der Waals surface area contributed by atoms with Crippen LogP contribution in [-0.2, 0) is 13.2 Å². The number of rotatable bonds is 5. The number of aromatic nitrogens is 1. The summed E-state index contributed by atoms with van der Waals surface area (Å²) in [6.07, 6.45) is 1.97. The summed E-state index contributed by atoms with van der Waals surface area (Å²) >= 11 is 0. The number of para-hydroxylation sites is 1. The number of fused-ring (bicyclic) bond motifs is 1. The molecule has 0 spiro atoms. The minimum atomic E-state index is -0.916. The molecule has 1 N–H and O–H groups in total. The number of carbonyl (C=O) groups is 1. The first kappa shape index (κ1) is 14.2. The maximum atomic E-state index is 11.5. The number of carboxylic acid groups (broad SMARTS) is 1. The number of carboxylic acids is 1. The molecule has 22 heavy (non-hydrogen) atoms. The average Bonchev–Trinajstić information content (AvgIpc) is 2.92. The van der Waals surface area contributed by atoms with Gasteiger partial charge in [0.05, 0.1) is 5.56 Å². The van der Waals surface area contributed by atoms with Gasteiger partial charge in [-0.25, -0.2) is 4.79 Å². The highest BCUT2D eigenvalue weighted by Gasteiger charge is 2.16. The molecular formula is C18H17NO3. The number of aromatic carboxylic acids is 1. The van der Waals surface area contributed by atoms with Crippen molar-refractivity contribution in [2.45, 2.75) is 20.1 Å². The molecule has 4 heteroatoms. The van der Waals surface area contributed by atoms with Gasteiger partial charge in [-0.15, -0.1) is 0 Å². The van der Waals surface area contributed by atoms with Crippen LogP contribution in [0.25, 0.3) is 10.9 Å². The number of aryl methyl sites for hydroxylation is 1. The van der Waals surface area contributed by atoms with Gasteiger partial charge in [-0.05, 0) is 31.2 Å². The Bertz CT molecular complexity index is 806. The van der Waals surface area contributed by atoms with Gasteiger partial charge in [-0.1, -0.05) is 24.3 Å². The van der Waals surface area contributed by atoms with Crippen LogP contribution in [0.3, 0.4) is 0 Å². The third-order valence-corrected chi connectivity index (χ3v) is 3.69. The van der Waals surface area contributed by atoms with Gasteiger partial charge in [0.25, 0.3) is 0 Å². The Morgan fingerprint density at radius 2 is 1.91 bits per heavy atom. The second kappa shape index (κ2) is 5.93. The van der Waals surface area contributed by atoms with Crippen molar-refractivity contribution in [3.05, 3.63) is 65.9 Å². The van der Waals surface area contributed by atoms with Crippen LogP contribution >= 0.6 is 0 Å². The third-order valence-electron chi connectivity index (χ3n) is 3.69. The van der Waals surface area contributed by atoms with Gasteiger partial charge in [0, 0.05) is 29.2 Å². The van der Waals surface area contributed by atoms with Crippen molar-refractivity contribution in [3.8, 4) is 5.75 Å². The van der Waals surface area contributed by atoms with Crippen LogP contribution < -0.4 is 4.74 Å². The molecular weight excluding hydrogens is 278 g/mol. The predicted molar refractivity (Wildman–Crippen MR) is 85.3 cm³/mol. The monoisotopic (exact) mass is 295 g/mol. The van der Waals surface area contributed by atoms with E-state index in [2.05, 4.69) is 0 Å². The fourth-order valence-electron chi connectivity index (χ4n) is 2.67. The highest BCUT2D eigenvalue weighted by molar-refractivity contribution is 6.04. The van der Waals surface area contributed by atoms with E-state index < -0.39 is 5.97 Å². The van der Waals surface area contributed by atoms with E-state index in [1.54, 1.807) is 12.1 Å². The highest BCUT2D eigenvalue weighted by atomic mass is 16.5. The second-order valence-electron chi connectivity index (χ2n) is 5.05. The minimum absolute atomic E-state index is 0.316. The number of ether oxygens (including phenoxy) is 1. The van der Waals surface area contributed by atoms with E-state index in [4.69, 9.17) is 4.74 Å². The van der Waals surface area contributed by atoms with Gasteiger partial charge in [0.15, 0.2) is 0 Å². The van der Waals surface area contributed by atoms with Gasteiger partial charge < -0.3 is 14.4 Å². The number of benzene rings is 2. The Labute approximate surface area is 128 Å². The van der Waals surface area contributed by atoms with Crippen LogP contribution in [0.5, 0.6) is 5.75 Å². The third kappa shape index (κ3) is 2.55. The molecule has 2 aromatic carbocycles. The summed E-state index contributed by atoms with van der Waals surface area (Å²) in [6, 6.07) is 14.9. The van der Waals surface area contributed by atoms with E-state index in [0.717, 1.165) is 28.8 Å². The molecule has 3 rings (SSSR count). The highest BCUT2D eigenvalue weighted by Crippen LogP contribution is 2.26.